The maximum Gasteiger partial charge on any atom is 0.0320 e. The van der Waals surface area contributed by atoms with Crippen LogP contribution in [0.25, 0.3) is 5.57 Å². The fourth-order valence-corrected chi connectivity index (χ4v) is 1.90. The molecule has 1 atom stereocenters. The van der Waals surface area contributed by atoms with Gasteiger partial charge in [-0.15, -0.1) is 0 Å². The third kappa shape index (κ3) is 0.934. The lowest BCUT2D eigenvalue weighted by atomic mass is 10.0. The Balaban J connectivity index is 2.60. The topological polar surface area (TPSA) is 26.0 Å². The quantitative estimate of drug-likeness (QED) is 0.579. The number of benzene rings is 1. The summed E-state index contributed by atoms with van der Waals surface area (Å²) in [4.78, 5) is 0. The molecule has 0 heterocycles. The van der Waals surface area contributed by atoms with Crippen LogP contribution in [-0.4, -0.2) is 0 Å². The molecule has 1 heteroatoms. The summed E-state index contributed by atoms with van der Waals surface area (Å²) in [5.74, 6) is 0.619. The van der Waals surface area contributed by atoms with E-state index in [1.165, 1.54) is 16.7 Å². The molecule has 1 aliphatic rings. The Morgan fingerprint density at radius 1 is 1.50 bits per heavy atom. The van der Waals surface area contributed by atoms with Crippen LogP contribution in [0.15, 0.2) is 24.8 Å². The van der Waals surface area contributed by atoms with Gasteiger partial charge in [0, 0.05) is 5.69 Å². The van der Waals surface area contributed by atoms with Gasteiger partial charge in [-0.3, -0.25) is 0 Å². The molecule has 0 saturated heterocycles. The van der Waals surface area contributed by atoms with Crippen molar-refractivity contribution < 1.29 is 0 Å². The molecular weight excluding hydrogens is 146 g/mol. The summed E-state index contributed by atoms with van der Waals surface area (Å²) < 4.78 is 0. The van der Waals surface area contributed by atoms with E-state index in [0.717, 1.165) is 12.1 Å². The number of anilines is 1. The van der Waals surface area contributed by atoms with Gasteiger partial charge in [-0.1, -0.05) is 19.6 Å². The summed E-state index contributed by atoms with van der Waals surface area (Å²) in [6, 6.07) is 6.11. The van der Waals surface area contributed by atoms with Crippen molar-refractivity contribution in [2.45, 2.75) is 19.3 Å². The molecule has 0 radical (unpaired) electrons. The Morgan fingerprint density at radius 3 is 3.00 bits per heavy atom. The zero-order chi connectivity index (χ0) is 8.72. The van der Waals surface area contributed by atoms with E-state index in [2.05, 4.69) is 19.6 Å². The van der Waals surface area contributed by atoms with Gasteiger partial charge in [-0.2, -0.15) is 0 Å². The van der Waals surface area contributed by atoms with E-state index < -0.39 is 0 Å². The standard InChI is InChI=1S/C11H13N/c1-7-5-8(2)11-6-9(12)3-4-10(7)11/h3-4,6-7H,2,5,12H2,1H3. The second kappa shape index (κ2) is 2.37. The van der Waals surface area contributed by atoms with E-state index in [0.29, 0.717) is 5.92 Å². The van der Waals surface area contributed by atoms with Crippen molar-refractivity contribution >= 4 is 11.3 Å². The normalized spacial score (nSPS) is 21.1. The summed E-state index contributed by atoms with van der Waals surface area (Å²) in [6.07, 6.45) is 1.08. The van der Waals surface area contributed by atoms with Gasteiger partial charge in [0.1, 0.15) is 0 Å². The molecule has 0 amide bonds. The van der Waals surface area contributed by atoms with Crippen molar-refractivity contribution in [2.75, 3.05) is 5.73 Å². The summed E-state index contributed by atoms with van der Waals surface area (Å²) in [5, 5.41) is 0. The number of hydrogen-bond donors (Lipinski definition) is 1. The highest BCUT2D eigenvalue weighted by atomic mass is 14.5. The predicted octanol–water partition coefficient (Wildman–Crippen LogP) is 2.79. The maximum atomic E-state index is 5.70. The van der Waals surface area contributed by atoms with E-state index in [1.54, 1.807) is 0 Å². The van der Waals surface area contributed by atoms with Crippen LogP contribution in [0, 0.1) is 0 Å². The third-order valence-electron chi connectivity index (χ3n) is 2.54. The SMILES string of the molecule is C=C1CC(C)c2ccc(N)cc21. The zero-order valence-corrected chi connectivity index (χ0v) is 7.30. The van der Waals surface area contributed by atoms with Crippen LogP contribution in [-0.2, 0) is 0 Å². The minimum absolute atomic E-state index is 0.619. The van der Waals surface area contributed by atoms with E-state index in [4.69, 9.17) is 5.73 Å². The highest BCUT2D eigenvalue weighted by Crippen LogP contribution is 2.40. The first-order chi connectivity index (χ1) is 5.68. The van der Waals surface area contributed by atoms with Crippen molar-refractivity contribution in [2.24, 2.45) is 0 Å². The first-order valence-corrected chi connectivity index (χ1v) is 4.26. The highest BCUT2D eigenvalue weighted by Gasteiger charge is 2.21. The van der Waals surface area contributed by atoms with Gasteiger partial charge in [-0.05, 0) is 41.2 Å². The van der Waals surface area contributed by atoms with E-state index in [9.17, 15) is 0 Å². The number of allylic oxidation sites excluding steroid dienone is 1. The molecule has 2 rings (SSSR count). The largest absolute Gasteiger partial charge is 0.399 e. The maximum absolute atomic E-state index is 5.70. The lowest BCUT2D eigenvalue weighted by Gasteiger charge is -2.03. The number of fused-ring (bicyclic) bond motifs is 1. The van der Waals surface area contributed by atoms with Crippen molar-refractivity contribution in [3.05, 3.63) is 35.9 Å². The fraction of sp³-hybridized carbons (Fsp3) is 0.273. The molecule has 2 N–H and O–H groups in total. The second-order valence-electron chi connectivity index (χ2n) is 3.56. The average molecular weight is 159 g/mol. The van der Waals surface area contributed by atoms with Gasteiger partial charge in [0.25, 0.3) is 0 Å². The Hall–Kier alpha value is -1.24. The lowest BCUT2D eigenvalue weighted by Crippen LogP contribution is -1.89. The Morgan fingerprint density at radius 2 is 2.25 bits per heavy atom. The van der Waals surface area contributed by atoms with Crippen molar-refractivity contribution in [3.8, 4) is 0 Å². The Bertz CT molecular complexity index is 339. The van der Waals surface area contributed by atoms with E-state index >= 15 is 0 Å². The van der Waals surface area contributed by atoms with E-state index in [1.807, 2.05) is 12.1 Å². The van der Waals surface area contributed by atoms with Crippen LogP contribution in [0.1, 0.15) is 30.4 Å². The molecular formula is C11H13N. The molecule has 12 heavy (non-hydrogen) atoms. The van der Waals surface area contributed by atoms with Gasteiger partial charge in [0.05, 0.1) is 0 Å². The Labute approximate surface area is 72.9 Å². The van der Waals surface area contributed by atoms with Crippen LogP contribution < -0.4 is 5.73 Å². The Kier molecular flexibility index (Phi) is 1.47. The van der Waals surface area contributed by atoms with Gasteiger partial charge in [0.2, 0.25) is 0 Å². The van der Waals surface area contributed by atoms with Gasteiger partial charge >= 0.3 is 0 Å². The molecule has 1 aromatic carbocycles. The smallest absolute Gasteiger partial charge is 0.0320 e. The van der Waals surface area contributed by atoms with Crippen molar-refractivity contribution in [1.29, 1.82) is 0 Å². The fourth-order valence-electron chi connectivity index (χ4n) is 1.90. The monoisotopic (exact) mass is 159 g/mol. The van der Waals surface area contributed by atoms with Gasteiger partial charge in [-0.25, -0.2) is 0 Å². The van der Waals surface area contributed by atoms with Crippen molar-refractivity contribution in [1.82, 2.24) is 0 Å². The lowest BCUT2D eigenvalue weighted by molar-refractivity contribution is 0.828. The summed E-state index contributed by atoms with van der Waals surface area (Å²) in [7, 11) is 0. The number of nitrogens with two attached hydrogens (primary N) is 1. The summed E-state index contributed by atoms with van der Waals surface area (Å²) in [5.41, 5.74) is 10.4. The molecule has 0 saturated carbocycles. The van der Waals surface area contributed by atoms with Gasteiger partial charge < -0.3 is 5.73 Å². The van der Waals surface area contributed by atoms with Crippen LogP contribution in [0.4, 0.5) is 5.69 Å². The first-order valence-electron chi connectivity index (χ1n) is 4.26. The van der Waals surface area contributed by atoms with Crippen LogP contribution in [0.2, 0.25) is 0 Å². The number of hydrogen-bond acceptors (Lipinski definition) is 1. The molecule has 1 nitrogen and oxygen atoms in total. The number of nitrogen functional groups attached to an aromatic ring is 1. The molecule has 0 bridgehead atoms. The highest BCUT2D eigenvalue weighted by molar-refractivity contribution is 5.74. The van der Waals surface area contributed by atoms with Gasteiger partial charge in [0.15, 0.2) is 0 Å². The minimum atomic E-state index is 0.619. The third-order valence-corrected chi connectivity index (χ3v) is 2.54. The number of rotatable bonds is 0. The molecule has 1 aliphatic carbocycles. The zero-order valence-electron chi connectivity index (χ0n) is 7.30. The molecule has 1 unspecified atom stereocenters. The molecule has 0 aromatic heterocycles. The van der Waals surface area contributed by atoms with Crippen LogP contribution >= 0.6 is 0 Å². The van der Waals surface area contributed by atoms with Crippen LogP contribution in [0.5, 0.6) is 0 Å². The average Bonchev–Trinajstić information content (AvgIpc) is 2.28. The predicted molar refractivity (Wildman–Crippen MR) is 52.9 cm³/mol. The first kappa shape index (κ1) is 7.41. The minimum Gasteiger partial charge on any atom is -0.399 e. The second-order valence-corrected chi connectivity index (χ2v) is 3.56. The molecule has 62 valence electrons. The molecule has 1 aromatic rings. The van der Waals surface area contributed by atoms with Crippen molar-refractivity contribution in [3.63, 3.8) is 0 Å². The molecule has 0 fully saturated rings. The van der Waals surface area contributed by atoms with E-state index in [-0.39, 0.29) is 0 Å². The molecule has 0 spiro atoms. The van der Waals surface area contributed by atoms with Crippen LogP contribution in [0.3, 0.4) is 0 Å². The summed E-state index contributed by atoms with van der Waals surface area (Å²) in [6.45, 7) is 6.26. The molecule has 0 aliphatic heterocycles. The summed E-state index contributed by atoms with van der Waals surface area (Å²) >= 11 is 0.